The van der Waals surface area contributed by atoms with E-state index in [-0.39, 0.29) is 35.9 Å². The van der Waals surface area contributed by atoms with E-state index in [0.29, 0.717) is 18.9 Å². The van der Waals surface area contributed by atoms with Gasteiger partial charge < -0.3 is 14.9 Å². The van der Waals surface area contributed by atoms with Crippen LogP contribution in [0, 0.1) is 23.7 Å². The summed E-state index contributed by atoms with van der Waals surface area (Å²) in [4.78, 5) is 12.0. The molecule has 0 aromatic heterocycles. The lowest BCUT2D eigenvalue weighted by molar-refractivity contribution is -0.154. The maximum atomic E-state index is 12.0. The van der Waals surface area contributed by atoms with Crippen LogP contribution in [-0.4, -0.2) is 35.0 Å². The first-order valence-corrected chi connectivity index (χ1v) is 8.00. The fourth-order valence-electron chi connectivity index (χ4n) is 3.36. The van der Waals surface area contributed by atoms with E-state index < -0.39 is 0 Å². The highest BCUT2D eigenvalue weighted by Crippen LogP contribution is 2.31. The summed E-state index contributed by atoms with van der Waals surface area (Å²) in [7, 11) is 0. The third kappa shape index (κ3) is 3.95. The first-order valence-electron chi connectivity index (χ1n) is 8.00. The summed E-state index contributed by atoms with van der Waals surface area (Å²) in [6, 6.07) is 0. The minimum absolute atomic E-state index is 0.145. The van der Waals surface area contributed by atoms with Crippen LogP contribution in [0.5, 0.6) is 0 Å². The Kier molecular flexibility index (Phi) is 5.44. The van der Waals surface area contributed by atoms with Gasteiger partial charge in [-0.1, -0.05) is 13.8 Å². The molecule has 4 heteroatoms. The first kappa shape index (κ1) is 15.8. The molecule has 0 aromatic rings. The van der Waals surface area contributed by atoms with Gasteiger partial charge in [0.25, 0.3) is 0 Å². The number of carbonyl (C=O) groups is 1. The summed E-state index contributed by atoms with van der Waals surface area (Å²) in [6.07, 6.45) is 4.37. The molecule has 2 aliphatic carbocycles. The van der Waals surface area contributed by atoms with E-state index in [0.717, 1.165) is 32.1 Å². The van der Waals surface area contributed by atoms with E-state index in [1.54, 1.807) is 0 Å². The molecule has 0 spiro atoms. The second kappa shape index (κ2) is 6.90. The van der Waals surface area contributed by atoms with Gasteiger partial charge in [-0.25, -0.2) is 0 Å². The Balaban J connectivity index is 1.72. The highest BCUT2D eigenvalue weighted by Gasteiger charge is 2.32. The molecular formula is C16H28O4. The van der Waals surface area contributed by atoms with Gasteiger partial charge in [0.05, 0.1) is 24.7 Å². The van der Waals surface area contributed by atoms with E-state index in [4.69, 9.17) is 4.74 Å². The zero-order valence-electron chi connectivity index (χ0n) is 12.6. The maximum absolute atomic E-state index is 12.0. The van der Waals surface area contributed by atoms with Gasteiger partial charge in [-0.05, 0) is 56.3 Å². The van der Waals surface area contributed by atoms with Gasteiger partial charge in [-0.2, -0.15) is 0 Å². The van der Waals surface area contributed by atoms with Crippen LogP contribution in [0.1, 0.15) is 52.4 Å². The van der Waals surface area contributed by atoms with Crippen LogP contribution in [0.2, 0.25) is 0 Å². The second-order valence-electron chi connectivity index (χ2n) is 6.91. The van der Waals surface area contributed by atoms with Gasteiger partial charge >= 0.3 is 5.97 Å². The molecule has 0 aliphatic heterocycles. The van der Waals surface area contributed by atoms with E-state index in [1.165, 1.54) is 0 Å². The van der Waals surface area contributed by atoms with Gasteiger partial charge in [0, 0.05) is 0 Å². The van der Waals surface area contributed by atoms with Crippen molar-refractivity contribution in [3.8, 4) is 0 Å². The number of carbonyl (C=O) groups excluding carboxylic acids is 1. The summed E-state index contributed by atoms with van der Waals surface area (Å²) < 4.78 is 5.43. The third-order valence-corrected chi connectivity index (χ3v) is 5.21. The molecule has 0 aromatic carbocycles. The predicted octanol–water partition coefficient (Wildman–Crippen LogP) is 2.12. The Morgan fingerprint density at radius 2 is 1.60 bits per heavy atom. The second-order valence-corrected chi connectivity index (χ2v) is 6.91. The molecule has 2 saturated carbocycles. The van der Waals surface area contributed by atoms with E-state index in [2.05, 4.69) is 6.92 Å². The average molecular weight is 284 g/mol. The first-order chi connectivity index (χ1) is 9.47. The minimum atomic E-state index is -0.376. The fourth-order valence-corrected chi connectivity index (χ4v) is 3.36. The van der Waals surface area contributed by atoms with Crippen LogP contribution in [0.3, 0.4) is 0 Å². The molecule has 0 bridgehead atoms. The van der Waals surface area contributed by atoms with Crippen molar-refractivity contribution in [3.05, 3.63) is 0 Å². The zero-order valence-corrected chi connectivity index (χ0v) is 12.6. The molecule has 0 heterocycles. The largest absolute Gasteiger partial charge is 0.465 e. The summed E-state index contributed by atoms with van der Waals surface area (Å²) in [5.41, 5.74) is 0. The van der Waals surface area contributed by atoms with Crippen LogP contribution < -0.4 is 0 Å². The number of aliphatic hydroxyl groups is 2. The van der Waals surface area contributed by atoms with Crippen molar-refractivity contribution in [2.24, 2.45) is 23.7 Å². The monoisotopic (exact) mass is 284 g/mol. The molecule has 0 saturated heterocycles. The molecular weight excluding hydrogens is 256 g/mol. The summed E-state index contributed by atoms with van der Waals surface area (Å²) >= 11 is 0. The topological polar surface area (TPSA) is 66.8 Å². The van der Waals surface area contributed by atoms with Crippen molar-refractivity contribution < 1.29 is 19.7 Å². The Labute approximate surface area is 121 Å². The summed E-state index contributed by atoms with van der Waals surface area (Å²) in [5.74, 6) is 0.626. The Morgan fingerprint density at radius 3 is 2.20 bits per heavy atom. The highest BCUT2D eigenvalue weighted by molar-refractivity contribution is 5.72. The van der Waals surface area contributed by atoms with Crippen LogP contribution >= 0.6 is 0 Å². The van der Waals surface area contributed by atoms with E-state index in [1.807, 2.05) is 6.92 Å². The van der Waals surface area contributed by atoms with Gasteiger partial charge in [0.1, 0.15) is 0 Å². The number of hydrogen-bond donors (Lipinski definition) is 2. The van der Waals surface area contributed by atoms with Crippen molar-refractivity contribution in [2.45, 2.75) is 64.6 Å². The van der Waals surface area contributed by atoms with Gasteiger partial charge in [0.15, 0.2) is 0 Å². The maximum Gasteiger partial charge on any atom is 0.309 e. The molecule has 6 atom stereocenters. The van der Waals surface area contributed by atoms with Crippen molar-refractivity contribution >= 4 is 5.97 Å². The van der Waals surface area contributed by atoms with Crippen molar-refractivity contribution in [1.29, 1.82) is 0 Å². The average Bonchev–Trinajstić information content (AvgIpc) is 2.43. The fraction of sp³-hybridized carbons (Fsp3) is 0.938. The van der Waals surface area contributed by atoms with Gasteiger partial charge in [0.2, 0.25) is 0 Å². The quantitative estimate of drug-likeness (QED) is 0.779. The number of hydrogen-bond acceptors (Lipinski definition) is 4. The third-order valence-electron chi connectivity index (χ3n) is 5.21. The van der Waals surface area contributed by atoms with Crippen LogP contribution in [0.25, 0.3) is 0 Å². The van der Waals surface area contributed by atoms with Gasteiger partial charge in [-0.15, -0.1) is 0 Å². The lowest BCUT2D eigenvalue weighted by Gasteiger charge is -2.32. The van der Waals surface area contributed by atoms with Crippen LogP contribution in [0.4, 0.5) is 0 Å². The molecule has 4 nitrogen and oxygen atoms in total. The molecule has 2 rings (SSSR count). The van der Waals surface area contributed by atoms with Crippen molar-refractivity contribution in [3.63, 3.8) is 0 Å². The molecule has 0 amide bonds. The predicted molar refractivity (Wildman–Crippen MR) is 76.0 cm³/mol. The summed E-state index contributed by atoms with van der Waals surface area (Å²) in [6.45, 7) is 4.51. The minimum Gasteiger partial charge on any atom is -0.465 e. The van der Waals surface area contributed by atoms with E-state index in [9.17, 15) is 15.0 Å². The number of aliphatic hydroxyl groups excluding tert-OH is 2. The zero-order chi connectivity index (χ0) is 14.7. The number of ether oxygens (including phenoxy) is 1. The number of esters is 1. The molecule has 2 N–H and O–H groups in total. The normalized spacial score (nSPS) is 42.2. The standard InChI is InChI=1S/C16H28O4/c1-10-3-5-12(7-14(10)17)9-20-16(19)13-6-4-11(2)15(18)8-13/h10-15,17-18H,3-9H2,1-2H3. The van der Waals surface area contributed by atoms with Crippen molar-refractivity contribution in [1.82, 2.24) is 0 Å². The SMILES string of the molecule is CC1CCC(COC(=O)C2CCC(C)C(O)C2)CC1O. The molecule has 2 aliphatic rings. The summed E-state index contributed by atoms with van der Waals surface area (Å²) in [5, 5.41) is 19.7. The smallest absolute Gasteiger partial charge is 0.309 e. The molecule has 6 unspecified atom stereocenters. The lowest BCUT2D eigenvalue weighted by Crippen LogP contribution is -2.34. The molecule has 2 fully saturated rings. The Morgan fingerprint density at radius 1 is 1.00 bits per heavy atom. The lowest BCUT2D eigenvalue weighted by atomic mass is 9.80. The van der Waals surface area contributed by atoms with Crippen molar-refractivity contribution in [2.75, 3.05) is 6.61 Å². The van der Waals surface area contributed by atoms with E-state index >= 15 is 0 Å². The molecule has 0 radical (unpaired) electrons. The Bertz CT molecular complexity index is 330. The Hall–Kier alpha value is -0.610. The van der Waals surface area contributed by atoms with Crippen LogP contribution in [-0.2, 0) is 9.53 Å². The van der Waals surface area contributed by atoms with Gasteiger partial charge in [-0.3, -0.25) is 4.79 Å². The highest BCUT2D eigenvalue weighted by atomic mass is 16.5. The molecule has 20 heavy (non-hydrogen) atoms. The number of rotatable bonds is 3. The molecule has 116 valence electrons. The van der Waals surface area contributed by atoms with Crippen LogP contribution in [0.15, 0.2) is 0 Å².